The zero-order valence-corrected chi connectivity index (χ0v) is 12.1. The lowest BCUT2D eigenvalue weighted by atomic mass is 9.93. The van der Waals surface area contributed by atoms with Crippen LogP contribution in [0.15, 0.2) is 0 Å². The first-order valence-electron chi connectivity index (χ1n) is 6.40. The summed E-state index contributed by atoms with van der Waals surface area (Å²) in [5, 5.41) is 2.72. The second-order valence-corrected chi connectivity index (χ2v) is 5.96. The number of nitrogens with zero attached hydrogens (tertiary/aromatic N) is 1. The van der Waals surface area contributed by atoms with Crippen molar-refractivity contribution in [2.75, 3.05) is 6.54 Å². The number of carbonyl (C=O) groups is 3. The van der Waals surface area contributed by atoms with Gasteiger partial charge in [-0.05, 0) is 26.7 Å². The Hall–Kier alpha value is -1.59. The molecule has 1 saturated heterocycles. The number of ether oxygens (including phenoxy) is 1. The minimum Gasteiger partial charge on any atom is -0.444 e. The molecule has 108 valence electrons. The van der Waals surface area contributed by atoms with E-state index in [0.29, 0.717) is 0 Å². The summed E-state index contributed by atoms with van der Waals surface area (Å²) in [5.74, 6) is -0.509. The number of amides is 3. The predicted molar refractivity (Wildman–Crippen MR) is 69.3 cm³/mol. The van der Waals surface area contributed by atoms with Crippen molar-refractivity contribution in [2.24, 2.45) is 5.92 Å². The van der Waals surface area contributed by atoms with E-state index in [4.69, 9.17) is 4.74 Å². The summed E-state index contributed by atoms with van der Waals surface area (Å²) >= 11 is 0. The van der Waals surface area contributed by atoms with Crippen molar-refractivity contribution in [2.45, 2.75) is 52.7 Å². The average Bonchev–Trinajstić information content (AvgIpc) is 2.18. The minimum atomic E-state index is -0.571. The summed E-state index contributed by atoms with van der Waals surface area (Å²) in [6, 6.07) is -0.267. The Morgan fingerprint density at radius 3 is 2.42 bits per heavy atom. The molecule has 0 aromatic carbocycles. The Balaban J connectivity index is 2.64. The lowest BCUT2D eigenvalue weighted by Gasteiger charge is -2.35. The molecule has 6 heteroatoms. The fourth-order valence-electron chi connectivity index (χ4n) is 1.96. The molecular weight excluding hydrogens is 248 g/mol. The number of rotatable bonds is 1. The molecule has 1 N–H and O–H groups in total. The maximum absolute atomic E-state index is 11.7. The highest BCUT2D eigenvalue weighted by Crippen LogP contribution is 2.19. The monoisotopic (exact) mass is 270 g/mol. The van der Waals surface area contributed by atoms with Crippen molar-refractivity contribution in [3.05, 3.63) is 0 Å². The van der Waals surface area contributed by atoms with E-state index in [1.165, 1.54) is 11.8 Å². The molecule has 0 aromatic heterocycles. The number of imide groups is 1. The Kier molecular flexibility index (Phi) is 4.55. The molecule has 19 heavy (non-hydrogen) atoms. The smallest absolute Gasteiger partial charge is 0.407 e. The van der Waals surface area contributed by atoms with Gasteiger partial charge in [-0.1, -0.05) is 6.92 Å². The van der Waals surface area contributed by atoms with Gasteiger partial charge in [-0.25, -0.2) is 4.79 Å². The summed E-state index contributed by atoms with van der Waals surface area (Å²) in [6.45, 7) is 8.76. The highest BCUT2D eigenvalue weighted by Gasteiger charge is 2.35. The average molecular weight is 270 g/mol. The maximum atomic E-state index is 11.7. The Bertz CT molecular complexity index is 387. The van der Waals surface area contributed by atoms with E-state index in [0.717, 1.165) is 0 Å². The molecular formula is C13H22N2O4. The molecule has 3 amide bonds. The number of hydrogen-bond donors (Lipinski definition) is 1. The van der Waals surface area contributed by atoms with Crippen molar-refractivity contribution in [3.63, 3.8) is 0 Å². The van der Waals surface area contributed by atoms with Gasteiger partial charge >= 0.3 is 6.09 Å². The second kappa shape index (κ2) is 5.59. The van der Waals surface area contributed by atoms with Gasteiger partial charge in [0, 0.05) is 19.9 Å². The van der Waals surface area contributed by atoms with Crippen molar-refractivity contribution in [1.82, 2.24) is 10.2 Å². The van der Waals surface area contributed by atoms with Crippen LogP contribution in [-0.4, -0.2) is 41.0 Å². The lowest BCUT2D eigenvalue weighted by Crippen LogP contribution is -2.55. The van der Waals surface area contributed by atoms with Crippen molar-refractivity contribution >= 4 is 17.9 Å². The summed E-state index contributed by atoms with van der Waals surface area (Å²) in [4.78, 5) is 35.9. The molecule has 0 saturated carbocycles. The molecule has 0 unspecified atom stereocenters. The standard InChI is InChI=1S/C13H22N2O4/c1-8-6-11(17)15(9(2)16)7-10(8)14-12(18)19-13(3,4)5/h8,10H,6-7H2,1-5H3,(H,14,18)/t8-,10-/m1/s1. The van der Waals surface area contributed by atoms with Crippen LogP contribution in [0.25, 0.3) is 0 Å². The molecule has 1 rings (SSSR count). The van der Waals surface area contributed by atoms with Gasteiger partial charge in [0.25, 0.3) is 0 Å². The van der Waals surface area contributed by atoms with Gasteiger partial charge < -0.3 is 10.1 Å². The van der Waals surface area contributed by atoms with Crippen molar-refractivity contribution in [3.8, 4) is 0 Å². The van der Waals surface area contributed by atoms with Crippen LogP contribution in [0.5, 0.6) is 0 Å². The Labute approximate surface area is 113 Å². The summed E-state index contributed by atoms with van der Waals surface area (Å²) in [7, 11) is 0. The van der Waals surface area contributed by atoms with Gasteiger partial charge in [0.2, 0.25) is 11.8 Å². The van der Waals surface area contributed by atoms with E-state index in [9.17, 15) is 14.4 Å². The van der Waals surface area contributed by atoms with Gasteiger partial charge in [0.15, 0.2) is 0 Å². The van der Waals surface area contributed by atoms with E-state index in [2.05, 4.69) is 5.32 Å². The molecule has 1 aliphatic rings. The van der Waals surface area contributed by atoms with Crippen molar-refractivity contribution < 1.29 is 19.1 Å². The number of alkyl carbamates (subject to hydrolysis) is 1. The Morgan fingerprint density at radius 1 is 1.37 bits per heavy atom. The molecule has 1 fully saturated rings. The number of nitrogens with one attached hydrogen (secondary N) is 1. The van der Waals surface area contributed by atoms with Crippen LogP contribution in [0.2, 0.25) is 0 Å². The van der Waals surface area contributed by atoms with Crippen LogP contribution < -0.4 is 5.32 Å². The number of carbonyl (C=O) groups excluding carboxylic acids is 3. The second-order valence-electron chi connectivity index (χ2n) is 5.96. The van der Waals surface area contributed by atoms with Gasteiger partial charge in [-0.2, -0.15) is 0 Å². The van der Waals surface area contributed by atoms with E-state index in [-0.39, 0.29) is 36.7 Å². The number of hydrogen-bond acceptors (Lipinski definition) is 4. The molecule has 2 atom stereocenters. The van der Waals surface area contributed by atoms with Crippen LogP contribution in [0.4, 0.5) is 4.79 Å². The van der Waals surface area contributed by atoms with E-state index in [1.54, 1.807) is 20.8 Å². The van der Waals surface area contributed by atoms with Crippen LogP contribution in [0, 0.1) is 5.92 Å². The SMILES string of the molecule is CC(=O)N1C[C@@H](NC(=O)OC(C)(C)C)[C@H](C)CC1=O. The molecule has 0 aliphatic carbocycles. The molecule has 0 bridgehead atoms. The topological polar surface area (TPSA) is 75.7 Å². The first-order chi connectivity index (χ1) is 8.60. The van der Waals surface area contributed by atoms with Gasteiger partial charge in [0.05, 0.1) is 6.04 Å². The highest BCUT2D eigenvalue weighted by molar-refractivity contribution is 5.95. The van der Waals surface area contributed by atoms with Crippen LogP contribution in [-0.2, 0) is 14.3 Å². The summed E-state index contributed by atoms with van der Waals surface area (Å²) in [5.41, 5.74) is -0.571. The van der Waals surface area contributed by atoms with Crippen molar-refractivity contribution in [1.29, 1.82) is 0 Å². The molecule has 0 spiro atoms. The molecule has 1 aliphatic heterocycles. The Morgan fingerprint density at radius 2 is 1.95 bits per heavy atom. The first kappa shape index (κ1) is 15.5. The first-order valence-corrected chi connectivity index (χ1v) is 6.40. The molecule has 1 heterocycles. The van der Waals surface area contributed by atoms with E-state index < -0.39 is 11.7 Å². The fraction of sp³-hybridized carbons (Fsp3) is 0.769. The predicted octanol–water partition coefficient (Wildman–Crippen LogP) is 1.29. The zero-order chi connectivity index (χ0) is 14.8. The van der Waals surface area contributed by atoms with Crippen LogP contribution in [0.1, 0.15) is 41.0 Å². The quantitative estimate of drug-likeness (QED) is 0.779. The zero-order valence-electron chi connectivity index (χ0n) is 12.1. The summed E-state index contributed by atoms with van der Waals surface area (Å²) < 4.78 is 5.17. The van der Waals surface area contributed by atoms with E-state index >= 15 is 0 Å². The van der Waals surface area contributed by atoms with Crippen LogP contribution in [0.3, 0.4) is 0 Å². The third-order valence-corrected chi connectivity index (χ3v) is 2.95. The highest BCUT2D eigenvalue weighted by atomic mass is 16.6. The van der Waals surface area contributed by atoms with Gasteiger partial charge in [-0.3, -0.25) is 14.5 Å². The lowest BCUT2D eigenvalue weighted by molar-refractivity contribution is -0.147. The fourth-order valence-corrected chi connectivity index (χ4v) is 1.96. The third-order valence-electron chi connectivity index (χ3n) is 2.95. The summed E-state index contributed by atoms with van der Waals surface area (Å²) in [6.07, 6.45) is -0.276. The van der Waals surface area contributed by atoms with Gasteiger partial charge in [0.1, 0.15) is 5.60 Å². The molecule has 0 radical (unpaired) electrons. The number of likely N-dealkylation sites (tertiary alicyclic amines) is 1. The van der Waals surface area contributed by atoms with Crippen LogP contribution >= 0.6 is 0 Å². The maximum Gasteiger partial charge on any atom is 0.407 e. The largest absolute Gasteiger partial charge is 0.444 e. The van der Waals surface area contributed by atoms with E-state index in [1.807, 2.05) is 6.92 Å². The number of piperidine rings is 1. The molecule has 6 nitrogen and oxygen atoms in total. The third kappa shape index (κ3) is 4.54. The normalized spacial score (nSPS) is 24.1. The molecule has 0 aromatic rings. The van der Waals surface area contributed by atoms with Gasteiger partial charge in [-0.15, -0.1) is 0 Å². The minimum absolute atomic E-state index is 0.0179.